The zero-order chi connectivity index (χ0) is 10.3. The molecular weight excluding hydrogens is 162 g/mol. The maximum Gasteiger partial charge on any atom is 0.292 e. The Balaban J connectivity index is 4.73. The zero-order valence-corrected chi connectivity index (χ0v) is 8.79. The third kappa shape index (κ3) is 3.80. The lowest BCUT2D eigenvalue weighted by atomic mass is 10.0. The Morgan fingerprint density at radius 3 is 2.46 bits per heavy atom. The maximum atomic E-state index is 8.45. The Hall–Kier alpha value is -1.23. The molecule has 0 N–H and O–H groups in total. The Morgan fingerprint density at radius 1 is 1.54 bits per heavy atom. The van der Waals surface area contributed by atoms with E-state index < -0.39 is 0 Å². The number of allylic oxidation sites excluding steroid dienone is 3. The van der Waals surface area contributed by atoms with E-state index in [4.69, 9.17) is 10.00 Å². The molecule has 0 aliphatic carbocycles. The molecule has 0 bridgehead atoms. The van der Waals surface area contributed by atoms with E-state index in [9.17, 15) is 0 Å². The normalized spacial score (nSPS) is 12.9. The fourth-order valence-electron chi connectivity index (χ4n) is 1.21. The van der Waals surface area contributed by atoms with E-state index in [2.05, 4.69) is 13.8 Å². The summed E-state index contributed by atoms with van der Waals surface area (Å²) in [6.45, 7) is 8.15. The third-order valence-electron chi connectivity index (χ3n) is 1.76. The van der Waals surface area contributed by atoms with Crippen LogP contribution in [-0.2, 0) is 4.74 Å². The van der Waals surface area contributed by atoms with Gasteiger partial charge in [-0.15, -0.1) is 5.26 Å². The molecule has 0 aliphatic heterocycles. The van der Waals surface area contributed by atoms with Gasteiger partial charge in [0, 0.05) is 0 Å². The predicted octanol–water partition coefficient (Wildman–Crippen LogP) is 3.38. The largest absolute Gasteiger partial charge is 0.388 e. The van der Waals surface area contributed by atoms with Crippen molar-refractivity contribution in [2.24, 2.45) is 5.92 Å². The number of hydrogen-bond donors (Lipinski definition) is 0. The lowest BCUT2D eigenvalue weighted by molar-refractivity contribution is 0.373. The minimum atomic E-state index is 0.385. The summed E-state index contributed by atoms with van der Waals surface area (Å²) in [7, 11) is 0. The van der Waals surface area contributed by atoms with Crippen LogP contribution in [0.1, 0.15) is 34.1 Å². The van der Waals surface area contributed by atoms with Crippen molar-refractivity contribution in [3.63, 3.8) is 0 Å². The van der Waals surface area contributed by atoms with Crippen molar-refractivity contribution in [2.45, 2.75) is 34.1 Å². The number of ether oxygens (including phenoxy) is 1. The average Bonchev–Trinajstić information content (AvgIpc) is 2.05. The van der Waals surface area contributed by atoms with Gasteiger partial charge in [-0.05, 0) is 30.9 Å². The van der Waals surface area contributed by atoms with Gasteiger partial charge in [0.25, 0.3) is 6.26 Å². The van der Waals surface area contributed by atoms with Crippen molar-refractivity contribution in [2.75, 3.05) is 0 Å². The van der Waals surface area contributed by atoms with E-state index >= 15 is 0 Å². The van der Waals surface area contributed by atoms with Gasteiger partial charge < -0.3 is 4.74 Å². The number of nitriles is 1. The molecule has 0 saturated heterocycles. The van der Waals surface area contributed by atoms with Crippen LogP contribution in [-0.4, -0.2) is 0 Å². The Kier molecular flexibility index (Phi) is 5.71. The lowest BCUT2D eigenvalue weighted by Gasteiger charge is -2.11. The van der Waals surface area contributed by atoms with E-state index in [1.807, 2.05) is 26.0 Å². The third-order valence-corrected chi connectivity index (χ3v) is 1.76. The molecule has 0 heterocycles. The van der Waals surface area contributed by atoms with Crippen LogP contribution in [0.3, 0.4) is 0 Å². The maximum absolute atomic E-state index is 8.45. The molecule has 0 radical (unpaired) electrons. The van der Waals surface area contributed by atoms with Gasteiger partial charge in [-0.2, -0.15) is 0 Å². The Labute approximate surface area is 80.5 Å². The van der Waals surface area contributed by atoms with Crippen LogP contribution in [0.5, 0.6) is 0 Å². The minimum Gasteiger partial charge on any atom is -0.388 e. The summed E-state index contributed by atoms with van der Waals surface area (Å²) in [6, 6.07) is 0. The second-order valence-electron chi connectivity index (χ2n) is 3.07. The highest BCUT2D eigenvalue weighted by Gasteiger charge is 2.09. The first-order chi connectivity index (χ1) is 6.17. The van der Waals surface area contributed by atoms with Gasteiger partial charge >= 0.3 is 0 Å². The van der Waals surface area contributed by atoms with Gasteiger partial charge in [-0.1, -0.05) is 26.8 Å². The molecule has 72 valence electrons. The van der Waals surface area contributed by atoms with Gasteiger partial charge in [0.1, 0.15) is 5.76 Å². The van der Waals surface area contributed by atoms with Gasteiger partial charge in [0.2, 0.25) is 0 Å². The van der Waals surface area contributed by atoms with E-state index in [0.29, 0.717) is 11.7 Å². The summed E-state index contributed by atoms with van der Waals surface area (Å²) >= 11 is 0. The van der Waals surface area contributed by atoms with E-state index in [1.54, 1.807) is 6.26 Å². The summed E-state index contributed by atoms with van der Waals surface area (Å²) in [6.07, 6.45) is 6.51. The summed E-state index contributed by atoms with van der Waals surface area (Å²) in [4.78, 5) is 0. The van der Waals surface area contributed by atoms with Crippen LogP contribution >= 0.6 is 0 Å². The molecular formula is C11H17NO. The van der Waals surface area contributed by atoms with Crippen molar-refractivity contribution < 1.29 is 4.74 Å². The van der Waals surface area contributed by atoms with Crippen LogP contribution in [0.25, 0.3) is 0 Å². The van der Waals surface area contributed by atoms with Crippen LogP contribution in [0.2, 0.25) is 0 Å². The van der Waals surface area contributed by atoms with Crippen molar-refractivity contribution >= 4 is 0 Å². The first-order valence-corrected chi connectivity index (χ1v) is 4.60. The van der Waals surface area contributed by atoms with Crippen LogP contribution in [0, 0.1) is 17.4 Å². The second kappa shape index (κ2) is 6.30. The molecule has 0 saturated carbocycles. The molecule has 0 fully saturated rings. The summed E-state index contributed by atoms with van der Waals surface area (Å²) in [5.41, 5.74) is 1.09. The lowest BCUT2D eigenvalue weighted by Crippen LogP contribution is -1.99. The standard InChI is InChI=1S/C11H17NO/c1-5-7-11(13-8-12)10(6-2)9(3)4/h6-7,9H,5H2,1-4H3/b10-6-,11-7+. The molecule has 0 amide bonds. The number of hydrogen-bond acceptors (Lipinski definition) is 2. The zero-order valence-electron chi connectivity index (χ0n) is 8.79. The second-order valence-corrected chi connectivity index (χ2v) is 3.07. The highest BCUT2D eigenvalue weighted by molar-refractivity contribution is 5.27. The summed E-state index contributed by atoms with van der Waals surface area (Å²) in [5.74, 6) is 1.08. The van der Waals surface area contributed by atoms with Gasteiger partial charge in [0.15, 0.2) is 0 Å². The topological polar surface area (TPSA) is 33.0 Å². The average molecular weight is 179 g/mol. The first kappa shape index (κ1) is 11.8. The number of nitrogens with zero attached hydrogens (tertiary/aromatic N) is 1. The van der Waals surface area contributed by atoms with Gasteiger partial charge in [0.05, 0.1) is 0 Å². The molecule has 0 atom stereocenters. The molecule has 0 aliphatic rings. The Bertz CT molecular complexity index is 243. The van der Waals surface area contributed by atoms with Crippen molar-refractivity contribution in [1.29, 1.82) is 5.26 Å². The van der Waals surface area contributed by atoms with E-state index in [1.165, 1.54) is 0 Å². The smallest absolute Gasteiger partial charge is 0.292 e. The number of rotatable bonds is 4. The molecule has 0 rings (SSSR count). The minimum absolute atomic E-state index is 0.385. The van der Waals surface area contributed by atoms with Crippen molar-refractivity contribution in [3.8, 4) is 6.26 Å². The monoisotopic (exact) mass is 179 g/mol. The quantitative estimate of drug-likeness (QED) is 0.376. The molecule has 0 aromatic heterocycles. The molecule has 2 nitrogen and oxygen atoms in total. The fraction of sp³-hybridized carbons (Fsp3) is 0.545. The molecule has 13 heavy (non-hydrogen) atoms. The van der Waals surface area contributed by atoms with Crippen molar-refractivity contribution in [3.05, 3.63) is 23.5 Å². The molecule has 0 aromatic rings. The molecule has 0 aromatic carbocycles. The van der Waals surface area contributed by atoms with Gasteiger partial charge in [-0.3, -0.25) is 0 Å². The molecule has 0 unspecified atom stereocenters. The Morgan fingerprint density at radius 2 is 2.15 bits per heavy atom. The SMILES string of the molecule is C/C=C(\C(=C/CC)OC#N)C(C)C. The van der Waals surface area contributed by atoms with E-state index in [-0.39, 0.29) is 0 Å². The highest BCUT2D eigenvalue weighted by Crippen LogP contribution is 2.20. The van der Waals surface area contributed by atoms with Crippen LogP contribution in [0.15, 0.2) is 23.5 Å². The highest BCUT2D eigenvalue weighted by atomic mass is 16.5. The molecule has 0 spiro atoms. The van der Waals surface area contributed by atoms with Crippen LogP contribution in [0.4, 0.5) is 0 Å². The first-order valence-electron chi connectivity index (χ1n) is 4.60. The van der Waals surface area contributed by atoms with Crippen LogP contribution < -0.4 is 0 Å². The van der Waals surface area contributed by atoms with Crippen molar-refractivity contribution in [1.82, 2.24) is 0 Å². The molecule has 2 heteroatoms. The summed E-state index contributed by atoms with van der Waals surface area (Å²) < 4.78 is 4.90. The summed E-state index contributed by atoms with van der Waals surface area (Å²) in [5, 5.41) is 8.45. The fourth-order valence-corrected chi connectivity index (χ4v) is 1.21. The predicted molar refractivity (Wildman–Crippen MR) is 53.7 cm³/mol. The van der Waals surface area contributed by atoms with E-state index in [0.717, 1.165) is 12.0 Å². The van der Waals surface area contributed by atoms with Gasteiger partial charge in [-0.25, -0.2) is 0 Å².